The van der Waals surface area contributed by atoms with Crippen LogP contribution in [0.4, 0.5) is 0 Å². The lowest BCUT2D eigenvalue weighted by atomic mass is 9.93. The number of epoxide rings is 1. The van der Waals surface area contributed by atoms with Crippen LogP contribution >= 0.6 is 0 Å². The van der Waals surface area contributed by atoms with Crippen LogP contribution in [0.1, 0.15) is 71.4 Å². The van der Waals surface area contributed by atoms with Crippen molar-refractivity contribution in [3.05, 3.63) is 71.8 Å². The second kappa shape index (κ2) is 20.4. The quantitative estimate of drug-likeness (QED) is 0.143. The van der Waals surface area contributed by atoms with Crippen molar-refractivity contribution in [2.24, 2.45) is 11.8 Å². The zero-order chi connectivity index (χ0) is 38.4. The van der Waals surface area contributed by atoms with Crippen molar-refractivity contribution in [2.45, 2.75) is 103 Å². The van der Waals surface area contributed by atoms with Crippen LogP contribution in [0.5, 0.6) is 0 Å². The molecule has 0 saturated carbocycles. The Morgan fingerprint density at radius 3 is 1.58 bits per heavy atom. The first-order valence-electron chi connectivity index (χ1n) is 19.1. The molecule has 0 aliphatic carbocycles. The number of Topliss-reactive ketones (excluding diaryl/α,β-unsaturated/α-hetero) is 1. The topological polar surface area (TPSA) is 158 Å². The smallest absolute Gasteiger partial charge is 0.243 e. The molecule has 0 spiro atoms. The van der Waals surface area contributed by atoms with Crippen LogP contribution < -0.4 is 21.3 Å². The summed E-state index contributed by atoms with van der Waals surface area (Å²) in [4.78, 5) is 70.6. The molecule has 2 aromatic rings. The molecule has 4 N–H and O–H groups in total. The van der Waals surface area contributed by atoms with E-state index in [1.807, 2.05) is 93.3 Å². The van der Waals surface area contributed by atoms with Crippen LogP contribution in [0.15, 0.2) is 60.7 Å². The lowest BCUT2D eigenvalue weighted by Crippen LogP contribution is -2.59. The first-order chi connectivity index (χ1) is 25.3. The number of ether oxygens (including phenoxy) is 2. The van der Waals surface area contributed by atoms with Gasteiger partial charge in [0, 0.05) is 13.1 Å². The van der Waals surface area contributed by atoms with E-state index in [9.17, 15) is 24.0 Å². The molecule has 2 heterocycles. The van der Waals surface area contributed by atoms with Crippen LogP contribution in [-0.4, -0.2) is 104 Å². The van der Waals surface area contributed by atoms with E-state index in [0.717, 1.165) is 11.1 Å². The Morgan fingerprint density at radius 1 is 0.660 bits per heavy atom. The molecule has 290 valence electrons. The van der Waals surface area contributed by atoms with Gasteiger partial charge in [-0.3, -0.25) is 28.9 Å². The van der Waals surface area contributed by atoms with Crippen LogP contribution in [0, 0.1) is 11.8 Å². The molecule has 4 amide bonds. The fourth-order valence-electron chi connectivity index (χ4n) is 6.49. The van der Waals surface area contributed by atoms with Crippen molar-refractivity contribution in [3.8, 4) is 0 Å². The molecule has 2 fully saturated rings. The van der Waals surface area contributed by atoms with Gasteiger partial charge >= 0.3 is 0 Å². The molecule has 2 aromatic carbocycles. The zero-order valence-electron chi connectivity index (χ0n) is 32.0. The molecule has 0 aromatic heterocycles. The van der Waals surface area contributed by atoms with Crippen molar-refractivity contribution in [1.82, 2.24) is 26.2 Å². The number of hydrogen-bond donors (Lipinski definition) is 4. The van der Waals surface area contributed by atoms with Crippen LogP contribution in [0.2, 0.25) is 0 Å². The molecule has 12 nitrogen and oxygen atoms in total. The summed E-state index contributed by atoms with van der Waals surface area (Å²) < 4.78 is 10.8. The summed E-state index contributed by atoms with van der Waals surface area (Å²) in [7, 11) is 0. The van der Waals surface area contributed by atoms with Gasteiger partial charge in [-0.2, -0.15) is 0 Å². The van der Waals surface area contributed by atoms with Gasteiger partial charge in [-0.1, -0.05) is 88.4 Å². The Bertz CT molecular complexity index is 1490. The molecule has 4 rings (SSSR count). The molecule has 0 unspecified atom stereocenters. The average Bonchev–Trinajstić information content (AvgIpc) is 3.89. The normalized spacial score (nSPS) is 19.5. The third-order valence-electron chi connectivity index (χ3n) is 9.66. The number of amides is 4. The van der Waals surface area contributed by atoms with E-state index in [-0.39, 0.29) is 36.5 Å². The first kappa shape index (κ1) is 41.6. The monoisotopic (exact) mass is 733 g/mol. The predicted octanol–water partition coefficient (Wildman–Crippen LogP) is 2.97. The van der Waals surface area contributed by atoms with Gasteiger partial charge in [0.05, 0.1) is 32.4 Å². The highest BCUT2D eigenvalue weighted by Crippen LogP contribution is 2.29. The number of aryl methyl sites for hydroxylation is 2. The van der Waals surface area contributed by atoms with Gasteiger partial charge in [0.15, 0.2) is 5.78 Å². The number of benzene rings is 2. The van der Waals surface area contributed by atoms with E-state index in [1.54, 1.807) is 6.92 Å². The fourth-order valence-corrected chi connectivity index (χ4v) is 6.49. The van der Waals surface area contributed by atoms with Crippen LogP contribution in [0.25, 0.3) is 0 Å². The predicted molar refractivity (Wildman–Crippen MR) is 203 cm³/mol. The van der Waals surface area contributed by atoms with Crippen molar-refractivity contribution < 1.29 is 33.4 Å². The second-order valence-electron chi connectivity index (χ2n) is 15.4. The Balaban J connectivity index is 1.50. The first-order valence-corrected chi connectivity index (χ1v) is 19.1. The highest BCUT2D eigenvalue weighted by Gasteiger charge is 2.50. The van der Waals surface area contributed by atoms with E-state index >= 15 is 0 Å². The van der Waals surface area contributed by atoms with Gasteiger partial charge in [-0.15, -0.1) is 0 Å². The number of carbonyl (C=O) groups excluding carboxylic acids is 5. The maximum absolute atomic E-state index is 14.1. The minimum Gasteiger partial charge on any atom is -0.379 e. The standard InChI is InChI=1S/C41H59N5O7/c1-28(2)24-34(37(48)41(5)27-53-41)44-39(50)33(19-17-31-14-10-7-11-15-31)43-40(51)35(25-29(3)4)45-38(49)32(18-16-30-12-8-6-9-13-30)42-36(47)26-46-20-22-52-23-21-46/h6-15,28-29,32-35H,16-27H2,1-5H3,(H,42,47)(H,43,51)(H,44,50)(H,45,49)/t32-,33-,34-,35-,41+/m0/s1. The molecule has 53 heavy (non-hydrogen) atoms. The van der Waals surface area contributed by atoms with E-state index in [0.29, 0.717) is 65.0 Å². The second-order valence-corrected chi connectivity index (χ2v) is 15.4. The van der Waals surface area contributed by atoms with Crippen LogP contribution in [0.3, 0.4) is 0 Å². The highest BCUT2D eigenvalue weighted by atomic mass is 16.6. The SMILES string of the molecule is CC(C)C[C@H](NC(=O)[C@H](CCc1ccccc1)NC(=O)CN1CCOCC1)C(=O)N[C@@H](CCc1ccccc1)C(=O)N[C@@H](CC(C)C)C(=O)[C@@]1(C)CO1. The lowest BCUT2D eigenvalue weighted by Gasteiger charge is -2.29. The number of rotatable bonds is 21. The minimum atomic E-state index is -0.980. The number of nitrogens with one attached hydrogen (secondary N) is 4. The van der Waals surface area contributed by atoms with E-state index in [2.05, 4.69) is 21.3 Å². The fraction of sp³-hybridized carbons (Fsp3) is 0.585. The summed E-state index contributed by atoms with van der Waals surface area (Å²) in [6.45, 7) is 12.4. The molecule has 0 bridgehead atoms. The summed E-state index contributed by atoms with van der Waals surface area (Å²) >= 11 is 0. The van der Waals surface area contributed by atoms with Crippen LogP contribution in [-0.2, 0) is 46.3 Å². The van der Waals surface area contributed by atoms with Crippen molar-refractivity contribution in [2.75, 3.05) is 39.5 Å². The number of carbonyl (C=O) groups is 5. The summed E-state index contributed by atoms with van der Waals surface area (Å²) in [5, 5.41) is 11.7. The van der Waals surface area contributed by atoms with Crippen molar-refractivity contribution >= 4 is 29.4 Å². The maximum atomic E-state index is 14.1. The molecular weight excluding hydrogens is 674 g/mol. The third kappa shape index (κ3) is 14.0. The number of morpholine rings is 1. The molecular formula is C41H59N5O7. The van der Waals surface area contributed by atoms with E-state index in [1.165, 1.54) is 0 Å². The Labute approximate surface area is 314 Å². The van der Waals surface area contributed by atoms with Gasteiger partial charge in [0.1, 0.15) is 23.7 Å². The molecule has 2 aliphatic rings. The maximum Gasteiger partial charge on any atom is 0.243 e. The summed E-state index contributed by atoms with van der Waals surface area (Å²) in [6.07, 6.45) is 2.38. The van der Waals surface area contributed by atoms with Gasteiger partial charge < -0.3 is 30.7 Å². The Hall–Kier alpha value is -4.13. The van der Waals surface area contributed by atoms with Gasteiger partial charge in [-0.25, -0.2) is 0 Å². The minimum absolute atomic E-state index is 0.0219. The van der Waals surface area contributed by atoms with Gasteiger partial charge in [0.2, 0.25) is 23.6 Å². The summed E-state index contributed by atoms with van der Waals surface area (Å²) in [5.41, 5.74) is 1.10. The van der Waals surface area contributed by atoms with E-state index in [4.69, 9.17) is 9.47 Å². The third-order valence-corrected chi connectivity index (χ3v) is 9.66. The van der Waals surface area contributed by atoms with Crippen molar-refractivity contribution in [3.63, 3.8) is 0 Å². The lowest BCUT2D eigenvalue weighted by molar-refractivity contribution is -0.135. The highest BCUT2D eigenvalue weighted by molar-refractivity contribution is 5.98. The Morgan fingerprint density at radius 2 is 1.09 bits per heavy atom. The Kier molecular flexibility index (Phi) is 16.0. The molecule has 5 atom stereocenters. The summed E-state index contributed by atoms with van der Waals surface area (Å²) in [6, 6.07) is 15.7. The number of hydrogen-bond acceptors (Lipinski definition) is 8. The summed E-state index contributed by atoms with van der Waals surface area (Å²) in [5.74, 6) is -1.77. The van der Waals surface area contributed by atoms with Gasteiger partial charge in [0.25, 0.3) is 0 Å². The molecule has 2 saturated heterocycles. The van der Waals surface area contributed by atoms with E-state index < -0.39 is 47.5 Å². The zero-order valence-corrected chi connectivity index (χ0v) is 32.0. The largest absolute Gasteiger partial charge is 0.379 e. The molecule has 2 aliphatic heterocycles. The number of nitrogens with zero attached hydrogens (tertiary/aromatic N) is 1. The van der Waals surface area contributed by atoms with Crippen molar-refractivity contribution in [1.29, 1.82) is 0 Å². The number of ketones is 1. The average molecular weight is 734 g/mol. The molecule has 0 radical (unpaired) electrons. The van der Waals surface area contributed by atoms with Gasteiger partial charge in [-0.05, 0) is 68.4 Å². The molecule has 12 heteroatoms.